The quantitative estimate of drug-likeness (QED) is 0.133. The smallest absolute Gasteiger partial charge is 0.790 e. The summed E-state index contributed by atoms with van der Waals surface area (Å²) in [5.74, 6) is -6.12. The van der Waals surface area contributed by atoms with Crippen molar-refractivity contribution in [2.45, 2.75) is 6.10 Å². The number of phosphoric ester groups is 1. The van der Waals surface area contributed by atoms with Crippen molar-refractivity contribution in [2.24, 2.45) is 0 Å². The zero-order valence-corrected chi connectivity index (χ0v) is 28.1. The van der Waals surface area contributed by atoms with Gasteiger partial charge in [0.05, 0.1) is 44.9 Å². The summed E-state index contributed by atoms with van der Waals surface area (Å²) in [6, 6.07) is 0. The van der Waals surface area contributed by atoms with Gasteiger partial charge < -0.3 is 68.7 Å². The molecule has 1 atom stereocenters. The zero-order valence-electron chi connectivity index (χ0n) is 18.8. The third-order valence-electron chi connectivity index (χ3n) is 2.78. The fourth-order valence-electron chi connectivity index (χ4n) is 1.67. The summed E-state index contributed by atoms with van der Waals surface area (Å²) in [5.41, 5.74) is 0. The van der Waals surface area contributed by atoms with Crippen LogP contribution in [0.2, 0.25) is 0 Å². The molecule has 0 aromatic carbocycles. The Hall–Kier alpha value is 2.35. The summed E-state index contributed by atoms with van der Waals surface area (Å²) in [6.45, 7) is -4.58. The van der Waals surface area contributed by atoms with Gasteiger partial charge in [0.2, 0.25) is 0 Å². The topological polar surface area (TPSA) is 280 Å². The average Bonchev–Trinajstić information content (AvgIpc) is 2.55. The maximum atomic E-state index is 10.4. The molecule has 0 aliphatic carbocycles. The van der Waals surface area contributed by atoms with Crippen LogP contribution in [0.25, 0.3) is 0 Å². The van der Waals surface area contributed by atoms with Gasteiger partial charge in [-0.15, -0.1) is 0 Å². The van der Waals surface area contributed by atoms with Crippen LogP contribution in [0.1, 0.15) is 0 Å². The molecular formula is C13H19Ca2N2Na2O14P. The van der Waals surface area contributed by atoms with Gasteiger partial charge in [0, 0.05) is 39.3 Å². The van der Waals surface area contributed by atoms with Gasteiger partial charge in [0.25, 0.3) is 0 Å². The molecule has 176 valence electrons. The van der Waals surface area contributed by atoms with E-state index in [0.29, 0.717) is 0 Å². The third-order valence-corrected chi connectivity index (χ3v) is 3.24. The number of hydrogen-bond donors (Lipinski definition) is 2. The summed E-state index contributed by atoms with van der Waals surface area (Å²) >= 11 is 0. The fraction of sp³-hybridized carbons (Fsp3) is 0.692. The molecule has 0 saturated carbocycles. The SMILES string of the molecule is O=C([O-])CN(CCN(CC(=O)[O-])CC(=O)[O-])CC(=O)[O-].O=P([O-])([O-])OCC(O)CO.[Ca+2].[Ca+2].[Na+].[Na+]. The molecule has 0 rings (SSSR count). The Morgan fingerprint density at radius 2 is 1.03 bits per heavy atom. The summed E-state index contributed by atoms with van der Waals surface area (Å²) in [7, 11) is -5.00. The number of aliphatic hydroxyl groups excluding tert-OH is 2. The van der Waals surface area contributed by atoms with Crippen LogP contribution < -0.4 is 89.3 Å². The molecule has 2 N–H and O–H groups in total. The Labute approximate surface area is 298 Å². The molecule has 0 saturated heterocycles. The van der Waals surface area contributed by atoms with Gasteiger partial charge in [0.1, 0.15) is 6.10 Å². The van der Waals surface area contributed by atoms with Gasteiger partial charge in [0.15, 0.2) is 0 Å². The van der Waals surface area contributed by atoms with Crippen molar-refractivity contribution >= 4 is 107 Å². The van der Waals surface area contributed by atoms with Gasteiger partial charge in [-0.1, -0.05) is 0 Å². The molecule has 0 aliphatic heterocycles. The van der Waals surface area contributed by atoms with E-state index in [2.05, 4.69) is 4.52 Å². The minimum atomic E-state index is -5.00. The number of phosphoric acid groups is 1. The van der Waals surface area contributed by atoms with Gasteiger partial charge in [-0.2, -0.15) is 0 Å². The maximum absolute atomic E-state index is 10.4. The van der Waals surface area contributed by atoms with Crippen molar-refractivity contribution in [1.82, 2.24) is 9.80 Å². The second-order valence-corrected chi connectivity index (χ2v) is 6.64. The molecule has 21 heteroatoms. The van der Waals surface area contributed by atoms with E-state index < -0.39 is 77.2 Å². The van der Waals surface area contributed by atoms with E-state index in [9.17, 15) is 54.0 Å². The van der Waals surface area contributed by atoms with E-state index in [1.807, 2.05) is 0 Å². The minimum Gasteiger partial charge on any atom is -0.790 e. The minimum absolute atomic E-state index is 0. The van der Waals surface area contributed by atoms with E-state index in [4.69, 9.17) is 10.2 Å². The Morgan fingerprint density at radius 1 is 0.765 bits per heavy atom. The number of nitrogens with zero attached hydrogens (tertiary/aromatic N) is 2. The maximum Gasteiger partial charge on any atom is 2.00 e. The molecule has 0 aliphatic rings. The monoisotopic (exact) mass is 584 g/mol. The number of carboxylic acids is 4. The number of carboxylic acid groups (broad SMARTS) is 4. The molecule has 0 radical (unpaired) electrons. The van der Waals surface area contributed by atoms with Crippen LogP contribution in [0.15, 0.2) is 0 Å². The van der Waals surface area contributed by atoms with Crippen molar-refractivity contribution < 1.29 is 128 Å². The number of aliphatic hydroxyl groups is 2. The van der Waals surface area contributed by atoms with Crippen molar-refractivity contribution in [3.63, 3.8) is 0 Å². The van der Waals surface area contributed by atoms with Crippen molar-refractivity contribution in [1.29, 1.82) is 0 Å². The van der Waals surface area contributed by atoms with E-state index in [1.165, 1.54) is 0 Å². The normalized spacial score (nSPS) is 10.8. The van der Waals surface area contributed by atoms with Gasteiger partial charge in [-0.25, -0.2) is 0 Å². The molecule has 1 unspecified atom stereocenters. The molecular weight excluding hydrogens is 565 g/mol. The molecule has 0 amide bonds. The number of rotatable bonds is 15. The van der Waals surface area contributed by atoms with Crippen molar-refractivity contribution in [3.8, 4) is 0 Å². The average molecular weight is 584 g/mol. The molecule has 0 bridgehead atoms. The van der Waals surface area contributed by atoms with Crippen LogP contribution in [0.4, 0.5) is 0 Å². The first-order valence-electron chi connectivity index (χ1n) is 7.85. The first-order valence-corrected chi connectivity index (χ1v) is 9.32. The Bertz CT molecular complexity index is 562. The van der Waals surface area contributed by atoms with Gasteiger partial charge in [-0.05, 0) is 0 Å². The van der Waals surface area contributed by atoms with Crippen LogP contribution in [0.5, 0.6) is 0 Å². The van der Waals surface area contributed by atoms with Crippen LogP contribution in [0.3, 0.4) is 0 Å². The molecule has 0 fully saturated rings. The molecule has 16 nitrogen and oxygen atoms in total. The first kappa shape index (κ1) is 49.3. The molecule has 0 aromatic rings. The second-order valence-electron chi connectivity index (χ2n) is 5.49. The van der Waals surface area contributed by atoms with Crippen LogP contribution >= 0.6 is 7.82 Å². The van der Waals surface area contributed by atoms with Crippen molar-refractivity contribution in [3.05, 3.63) is 0 Å². The largest absolute Gasteiger partial charge is 2.00 e. The van der Waals surface area contributed by atoms with E-state index >= 15 is 0 Å². The van der Waals surface area contributed by atoms with E-state index in [0.717, 1.165) is 9.80 Å². The Kier molecular flexibility index (Phi) is 41.1. The predicted octanol–water partition coefficient (Wildman–Crippen LogP) is -17.0. The third kappa shape index (κ3) is 38.9. The number of carbonyl (C=O) groups excluding carboxylic acids is 4. The summed E-state index contributed by atoms with van der Waals surface area (Å²) < 4.78 is 13.3. The molecule has 0 heterocycles. The van der Waals surface area contributed by atoms with Gasteiger partial charge >= 0.3 is 135 Å². The number of hydrogen-bond acceptors (Lipinski definition) is 16. The molecule has 0 spiro atoms. The Balaban J connectivity index is -0.000000121. The van der Waals surface area contributed by atoms with E-state index in [1.54, 1.807) is 0 Å². The summed E-state index contributed by atoms with van der Waals surface area (Å²) in [6.07, 6.45) is -1.32. The predicted molar refractivity (Wildman–Crippen MR) is 91.1 cm³/mol. The molecule has 34 heavy (non-hydrogen) atoms. The second kappa shape index (κ2) is 28.4. The molecule has 0 aromatic heterocycles. The number of aliphatic carboxylic acids is 4. The number of carbonyl (C=O) groups is 4. The first-order chi connectivity index (χ1) is 13.7. The van der Waals surface area contributed by atoms with E-state index in [-0.39, 0.29) is 148 Å². The zero-order chi connectivity index (χ0) is 23.9. The Morgan fingerprint density at radius 3 is 1.21 bits per heavy atom. The van der Waals surface area contributed by atoms with Crippen molar-refractivity contribution in [2.75, 3.05) is 52.5 Å². The summed E-state index contributed by atoms with van der Waals surface area (Å²) in [5, 5.41) is 58.2. The fourth-order valence-corrected chi connectivity index (χ4v) is 2.03. The van der Waals surface area contributed by atoms with Gasteiger partial charge in [-0.3, -0.25) is 9.80 Å². The van der Waals surface area contributed by atoms with Crippen LogP contribution in [-0.4, -0.2) is 178 Å². The van der Waals surface area contributed by atoms with Crippen LogP contribution in [0, 0.1) is 0 Å². The van der Waals surface area contributed by atoms with Crippen LogP contribution in [-0.2, 0) is 28.3 Å². The summed E-state index contributed by atoms with van der Waals surface area (Å²) in [4.78, 5) is 62.8. The standard InChI is InChI=1S/C10H16N2O8.C3H9O6P.2Ca.2Na/c13-7(14)3-11(4-8(15)16)1-2-12(5-9(17)18)6-10(19)20;4-1-3(5)2-9-10(6,7)8;;;;/h1-6H2,(H,13,14)(H,15,16)(H,17,18)(H,19,20);3-5H,1-2H2,(H2,6,7,8);;;;/q;;2*+2;2*+1/p-6.